The van der Waals surface area contributed by atoms with Gasteiger partial charge >= 0.3 is 6.03 Å². The van der Waals surface area contributed by atoms with Crippen LogP contribution >= 0.6 is 0 Å². The minimum Gasteiger partial charge on any atom is -0.358 e. The molecule has 0 radical (unpaired) electrons. The van der Waals surface area contributed by atoms with E-state index in [0.29, 0.717) is 18.9 Å². The van der Waals surface area contributed by atoms with Crippen LogP contribution in [0.1, 0.15) is 6.42 Å². The van der Waals surface area contributed by atoms with Crippen LogP contribution in [0.2, 0.25) is 0 Å². The highest BCUT2D eigenvalue weighted by atomic mass is 16.2. The minimum atomic E-state index is 0.0543. The van der Waals surface area contributed by atoms with Gasteiger partial charge in [-0.15, -0.1) is 0 Å². The van der Waals surface area contributed by atoms with Gasteiger partial charge in [0.2, 0.25) is 6.41 Å². The summed E-state index contributed by atoms with van der Waals surface area (Å²) >= 11 is 0. The normalized spacial score (nSPS) is 20.7. The van der Waals surface area contributed by atoms with Crippen molar-refractivity contribution in [2.24, 2.45) is 5.92 Å². The highest BCUT2D eigenvalue weighted by molar-refractivity contribution is 5.74. The molecule has 0 aromatic heterocycles. The molecule has 14 heavy (non-hydrogen) atoms. The number of rotatable bonds is 3. The molecule has 80 valence electrons. The largest absolute Gasteiger partial charge is 0.358 e. The number of hydrogen-bond donors (Lipinski definition) is 1. The molecule has 0 spiro atoms. The van der Waals surface area contributed by atoms with Crippen molar-refractivity contribution in [3.63, 3.8) is 0 Å². The maximum atomic E-state index is 11.5. The van der Waals surface area contributed by atoms with Crippen LogP contribution in [-0.4, -0.2) is 56.0 Å². The van der Waals surface area contributed by atoms with Crippen LogP contribution in [0.15, 0.2) is 0 Å². The molecule has 1 rings (SSSR count). The highest BCUT2D eigenvalue weighted by Crippen LogP contribution is 2.15. The molecule has 0 aliphatic carbocycles. The Hall–Kier alpha value is -1.26. The van der Waals surface area contributed by atoms with Crippen molar-refractivity contribution >= 4 is 12.4 Å². The molecule has 1 atom stereocenters. The Morgan fingerprint density at radius 1 is 1.64 bits per heavy atom. The van der Waals surface area contributed by atoms with Gasteiger partial charge in [-0.25, -0.2) is 4.79 Å². The summed E-state index contributed by atoms with van der Waals surface area (Å²) in [6, 6.07) is 0.0543. The molecule has 5 nitrogen and oxygen atoms in total. The summed E-state index contributed by atoms with van der Waals surface area (Å²) < 4.78 is 0. The van der Waals surface area contributed by atoms with Gasteiger partial charge in [-0.05, 0) is 12.3 Å². The third-order valence-electron chi connectivity index (χ3n) is 2.43. The van der Waals surface area contributed by atoms with Crippen LogP contribution in [0.3, 0.4) is 0 Å². The summed E-state index contributed by atoms with van der Waals surface area (Å²) in [5, 5.41) is 2.65. The first-order valence-corrected chi connectivity index (χ1v) is 4.78. The molecule has 1 fully saturated rings. The Morgan fingerprint density at radius 3 is 2.93 bits per heavy atom. The van der Waals surface area contributed by atoms with E-state index in [9.17, 15) is 9.59 Å². The van der Waals surface area contributed by atoms with Crippen molar-refractivity contribution in [2.75, 3.05) is 33.7 Å². The third-order valence-corrected chi connectivity index (χ3v) is 2.43. The summed E-state index contributed by atoms with van der Waals surface area (Å²) in [4.78, 5) is 25.0. The molecule has 5 heteroatoms. The van der Waals surface area contributed by atoms with E-state index in [2.05, 4.69) is 5.32 Å². The Balaban J connectivity index is 2.33. The molecule has 0 aromatic carbocycles. The molecule has 0 saturated carbocycles. The molecule has 3 amide bonds. The molecule has 1 aliphatic heterocycles. The number of carbonyl (C=O) groups excluding carboxylic acids is 2. The lowest BCUT2D eigenvalue weighted by Gasteiger charge is -2.21. The van der Waals surface area contributed by atoms with Gasteiger partial charge in [0.15, 0.2) is 0 Å². The maximum Gasteiger partial charge on any atom is 0.319 e. The maximum absolute atomic E-state index is 11.5. The average Bonchev–Trinajstić information content (AvgIpc) is 2.61. The van der Waals surface area contributed by atoms with Gasteiger partial charge in [-0.3, -0.25) is 4.79 Å². The summed E-state index contributed by atoms with van der Waals surface area (Å²) in [5.74, 6) is 0.407. The zero-order valence-corrected chi connectivity index (χ0v) is 8.69. The van der Waals surface area contributed by atoms with Crippen molar-refractivity contribution in [3.8, 4) is 0 Å². The van der Waals surface area contributed by atoms with Gasteiger partial charge < -0.3 is 15.1 Å². The van der Waals surface area contributed by atoms with Crippen LogP contribution in [0, 0.1) is 5.92 Å². The van der Waals surface area contributed by atoms with E-state index in [1.54, 1.807) is 19.0 Å². The fourth-order valence-electron chi connectivity index (χ4n) is 1.67. The monoisotopic (exact) mass is 199 g/mol. The van der Waals surface area contributed by atoms with E-state index in [-0.39, 0.29) is 6.03 Å². The van der Waals surface area contributed by atoms with E-state index >= 15 is 0 Å². The molecule has 0 aromatic rings. The molecule has 0 unspecified atom stereocenters. The van der Waals surface area contributed by atoms with Crippen LogP contribution in [0.5, 0.6) is 0 Å². The number of hydrogen-bond acceptors (Lipinski definition) is 2. The first-order chi connectivity index (χ1) is 6.65. The molecule has 1 saturated heterocycles. The third kappa shape index (κ3) is 2.61. The van der Waals surface area contributed by atoms with Gasteiger partial charge in [0.05, 0.1) is 0 Å². The summed E-state index contributed by atoms with van der Waals surface area (Å²) in [7, 11) is 3.50. The number of urea groups is 1. The van der Waals surface area contributed by atoms with Crippen molar-refractivity contribution in [1.82, 2.24) is 15.1 Å². The van der Waals surface area contributed by atoms with Gasteiger partial charge in [-0.2, -0.15) is 0 Å². The topological polar surface area (TPSA) is 52.7 Å². The lowest BCUT2D eigenvalue weighted by Crippen LogP contribution is -2.38. The van der Waals surface area contributed by atoms with Gasteiger partial charge in [0, 0.05) is 33.7 Å². The van der Waals surface area contributed by atoms with E-state index in [4.69, 9.17) is 0 Å². The summed E-state index contributed by atoms with van der Waals surface area (Å²) in [5.41, 5.74) is 0. The lowest BCUT2D eigenvalue weighted by atomic mass is 10.1. The SMILES string of the molecule is CN(C)C(=O)N1CC[C@@H](CNC=O)C1. The van der Waals surface area contributed by atoms with Crippen LogP contribution in [-0.2, 0) is 4.79 Å². The number of nitrogens with zero attached hydrogens (tertiary/aromatic N) is 2. The van der Waals surface area contributed by atoms with Gasteiger partial charge in [0.25, 0.3) is 0 Å². The summed E-state index contributed by atoms with van der Waals surface area (Å²) in [6.07, 6.45) is 1.68. The standard InChI is InChI=1S/C9H17N3O2/c1-11(2)9(14)12-4-3-8(6-12)5-10-7-13/h7-8H,3-6H2,1-2H3,(H,10,13)/t8-/m0/s1. The van der Waals surface area contributed by atoms with Crippen LogP contribution < -0.4 is 5.32 Å². The Morgan fingerprint density at radius 2 is 2.36 bits per heavy atom. The van der Waals surface area contributed by atoms with Crippen molar-refractivity contribution < 1.29 is 9.59 Å². The van der Waals surface area contributed by atoms with Crippen molar-refractivity contribution in [3.05, 3.63) is 0 Å². The Kier molecular flexibility index (Phi) is 3.73. The summed E-state index contributed by atoms with van der Waals surface area (Å²) in [6.45, 7) is 2.21. The molecule has 1 N–H and O–H groups in total. The number of carbonyl (C=O) groups is 2. The van der Waals surface area contributed by atoms with Crippen molar-refractivity contribution in [2.45, 2.75) is 6.42 Å². The Bertz CT molecular complexity index is 218. The zero-order chi connectivity index (χ0) is 10.6. The zero-order valence-electron chi connectivity index (χ0n) is 8.69. The van der Waals surface area contributed by atoms with Gasteiger partial charge in [0.1, 0.15) is 0 Å². The Labute approximate surface area is 84.0 Å². The van der Waals surface area contributed by atoms with Crippen molar-refractivity contribution in [1.29, 1.82) is 0 Å². The fourth-order valence-corrected chi connectivity index (χ4v) is 1.67. The van der Waals surface area contributed by atoms with Crippen LogP contribution in [0.25, 0.3) is 0 Å². The van der Waals surface area contributed by atoms with Crippen LogP contribution in [0.4, 0.5) is 4.79 Å². The lowest BCUT2D eigenvalue weighted by molar-refractivity contribution is -0.109. The number of likely N-dealkylation sites (tertiary alicyclic amines) is 1. The first kappa shape index (κ1) is 10.8. The molecular weight excluding hydrogens is 182 g/mol. The van der Waals surface area contributed by atoms with E-state index in [1.165, 1.54) is 0 Å². The number of amides is 3. The highest BCUT2D eigenvalue weighted by Gasteiger charge is 2.26. The van der Waals surface area contributed by atoms with E-state index < -0.39 is 0 Å². The predicted molar refractivity (Wildman–Crippen MR) is 52.8 cm³/mol. The number of nitrogens with one attached hydrogen (secondary N) is 1. The fraction of sp³-hybridized carbons (Fsp3) is 0.778. The molecule has 1 aliphatic rings. The molecular formula is C9H17N3O2. The molecule has 1 heterocycles. The second-order valence-corrected chi connectivity index (χ2v) is 3.80. The van der Waals surface area contributed by atoms with E-state index in [1.807, 2.05) is 4.90 Å². The molecule has 0 bridgehead atoms. The van der Waals surface area contributed by atoms with Gasteiger partial charge in [-0.1, -0.05) is 0 Å². The second kappa shape index (κ2) is 4.83. The average molecular weight is 199 g/mol. The predicted octanol–water partition coefficient (Wildman–Crippen LogP) is -0.264. The smallest absolute Gasteiger partial charge is 0.319 e. The first-order valence-electron chi connectivity index (χ1n) is 4.78. The quantitative estimate of drug-likeness (QED) is 0.636. The van der Waals surface area contributed by atoms with E-state index in [0.717, 1.165) is 19.5 Å². The second-order valence-electron chi connectivity index (χ2n) is 3.80. The minimum absolute atomic E-state index is 0.0543.